The van der Waals surface area contributed by atoms with E-state index in [1.807, 2.05) is 0 Å². The first-order valence-electron chi connectivity index (χ1n) is 4.92. The topological polar surface area (TPSA) is 84.2 Å². The molecule has 0 aromatic heterocycles. The lowest BCUT2D eigenvalue weighted by molar-refractivity contribution is -0.121. The average molecular weight is 201 g/mol. The van der Waals surface area contributed by atoms with Crippen molar-refractivity contribution in [2.24, 2.45) is 5.73 Å². The van der Waals surface area contributed by atoms with E-state index in [2.05, 4.69) is 17.6 Å². The summed E-state index contributed by atoms with van der Waals surface area (Å²) in [5.41, 5.74) is 4.93. The Morgan fingerprint density at radius 3 is 2.57 bits per heavy atom. The highest BCUT2D eigenvalue weighted by Gasteiger charge is 1.99. The number of amides is 2. The number of carbonyl (C=O) groups is 2. The number of nitrogens with one attached hydrogen (secondary N) is 2. The SMILES string of the molecule is CCCCNC(=O)CNCCC(N)=O. The zero-order valence-corrected chi connectivity index (χ0v) is 8.64. The van der Waals surface area contributed by atoms with Gasteiger partial charge in [-0.05, 0) is 6.42 Å². The number of unbranched alkanes of at least 4 members (excludes halogenated alkanes) is 1. The normalized spacial score (nSPS) is 9.79. The van der Waals surface area contributed by atoms with Gasteiger partial charge >= 0.3 is 0 Å². The first-order valence-corrected chi connectivity index (χ1v) is 4.92. The Labute approximate surface area is 84.4 Å². The summed E-state index contributed by atoms with van der Waals surface area (Å²) < 4.78 is 0. The van der Waals surface area contributed by atoms with Crippen LogP contribution < -0.4 is 16.4 Å². The fourth-order valence-electron chi connectivity index (χ4n) is 0.881. The molecule has 0 aliphatic rings. The van der Waals surface area contributed by atoms with Gasteiger partial charge in [-0.2, -0.15) is 0 Å². The highest BCUT2D eigenvalue weighted by atomic mass is 16.2. The molecule has 0 bridgehead atoms. The van der Waals surface area contributed by atoms with E-state index in [4.69, 9.17) is 5.73 Å². The van der Waals surface area contributed by atoms with E-state index in [9.17, 15) is 9.59 Å². The lowest BCUT2D eigenvalue weighted by Gasteiger charge is -2.04. The molecule has 0 heterocycles. The largest absolute Gasteiger partial charge is 0.370 e. The molecule has 0 atom stereocenters. The lowest BCUT2D eigenvalue weighted by atomic mass is 10.3. The maximum atomic E-state index is 11.1. The number of hydrogen-bond acceptors (Lipinski definition) is 3. The molecule has 0 unspecified atom stereocenters. The van der Waals surface area contributed by atoms with E-state index in [1.165, 1.54) is 0 Å². The third-order valence-corrected chi connectivity index (χ3v) is 1.69. The number of primary amides is 1. The van der Waals surface area contributed by atoms with Crippen LogP contribution in [-0.2, 0) is 9.59 Å². The molecule has 0 aliphatic carbocycles. The van der Waals surface area contributed by atoms with Crippen LogP contribution in [0.2, 0.25) is 0 Å². The predicted molar refractivity (Wildman–Crippen MR) is 54.6 cm³/mol. The van der Waals surface area contributed by atoms with Crippen LogP contribution in [0.4, 0.5) is 0 Å². The number of carbonyl (C=O) groups excluding carboxylic acids is 2. The summed E-state index contributed by atoms with van der Waals surface area (Å²) in [5, 5.41) is 5.58. The van der Waals surface area contributed by atoms with E-state index in [1.54, 1.807) is 0 Å². The molecule has 5 nitrogen and oxygen atoms in total. The van der Waals surface area contributed by atoms with Gasteiger partial charge in [0.2, 0.25) is 11.8 Å². The second-order valence-corrected chi connectivity index (χ2v) is 3.10. The Hall–Kier alpha value is -1.10. The van der Waals surface area contributed by atoms with Crippen LogP contribution in [0.25, 0.3) is 0 Å². The van der Waals surface area contributed by atoms with Gasteiger partial charge in [-0.3, -0.25) is 9.59 Å². The van der Waals surface area contributed by atoms with Crippen molar-refractivity contribution in [3.8, 4) is 0 Å². The van der Waals surface area contributed by atoms with Gasteiger partial charge in [0.05, 0.1) is 6.54 Å². The highest BCUT2D eigenvalue weighted by molar-refractivity contribution is 5.78. The third-order valence-electron chi connectivity index (χ3n) is 1.69. The minimum atomic E-state index is -0.358. The molecule has 4 N–H and O–H groups in total. The van der Waals surface area contributed by atoms with E-state index < -0.39 is 0 Å². The van der Waals surface area contributed by atoms with Crippen LogP contribution in [0.15, 0.2) is 0 Å². The molecular formula is C9H19N3O2. The van der Waals surface area contributed by atoms with Crippen LogP contribution in [0.1, 0.15) is 26.2 Å². The Balaban J connectivity index is 3.22. The van der Waals surface area contributed by atoms with Crippen molar-refractivity contribution >= 4 is 11.8 Å². The summed E-state index contributed by atoms with van der Waals surface area (Å²) in [7, 11) is 0. The predicted octanol–water partition coefficient (Wildman–Crippen LogP) is -0.632. The zero-order valence-electron chi connectivity index (χ0n) is 8.64. The number of rotatable bonds is 8. The van der Waals surface area contributed by atoms with Gasteiger partial charge in [0, 0.05) is 19.5 Å². The van der Waals surface area contributed by atoms with E-state index >= 15 is 0 Å². The van der Waals surface area contributed by atoms with E-state index in [0.717, 1.165) is 12.8 Å². The quantitative estimate of drug-likeness (QED) is 0.457. The van der Waals surface area contributed by atoms with E-state index in [-0.39, 0.29) is 24.8 Å². The smallest absolute Gasteiger partial charge is 0.233 e. The summed E-state index contributed by atoms with van der Waals surface area (Å²) in [5.74, 6) is -0.396. The molecule has 14 heavy (non-hydrogen) atoms. The minimum Gasteiger partial charge on any atom is -0.370 e. The Kier molecular flexibility index (Phi) is 7.83. The maximum absolute atomic E-state index is 11.1. The van der Waals surface area contributed by atoms with Crippen LogP contribution >= 0.6 is 0 Å². The Morgan fingerprint density at radius 1 is 1.29 bits per heavy atom. The van der Waals surface area contributed by atoms with Crippen molar-refractivity contribution < 1.29 is 9.59 Å². The van der Waals surface area contributed by atoms with Gasteiger partial charge in [0.25, 0.3) is 0 Å². The Bertz CT molecular complexity index is 183. The third kappa shape index (κ3) is 8.99. The lowest BCUT2D eigenvalue weighted by Crippen LogP contribution is -2.35. The fourth-order valence-corrected chi connectivity index (χ4v) is 0.881. The summed E-state index contributed by atoms with van der Waals surface area (Å²) in [6.07, 6.45) is 2.32. The van der Waals surface area contributed by atoms with Gasteiger partial charge in [-0.25, -0.2) is 0 Å². The molecule has 0 saturated heterocycles. The summed E-state index contributed by atoms with van der Waals surface area (Å²) >= 11 is 0. The van der Waals surface area contributed by atoms with E-state index in [0.29, 0.717) is 13.1 Å². The van der Waals surface area contributed by atoms with Gasteiger partial charge in [0.1, 0.15) is 0 Å². The van der Waals surface area contributed by atoms with Gasteiger partial charge < -0.3 is 16.4 Å². The van der Waals surface area contributed by atoms with Crippen molar-refractivity contribution in [2.75, 3.05) is 19.6 Å². The van der Waals surface area contributed by atoms with Gasteiger partial charge in [0.15, 0.2) is 0 Å². The molecule has 0 aromatic rings. The molecule has 82 valence electrons. The molecule has 5 heteroatoms. The first-order chi connectivity index (χ1) is 6.66. The van der Waals surface area contributed by atoms with Crippen LogP contribution in [0.5, 0.6) is 0 Å². The molecule has 2 amide bonds. The molecule has 0 aliphatic heterocycles. The molecule has 0 saturated carbocycles. The van der Waals surface area contributed by atoms with Gasteiger partial charge in [-0.15, -0.1) is 0 Å². The molecule has 0 fully saturated rings. The molecule has 0 aromatic carbocycles. The summed E-state index contributed by atoms with van der Waals surface area (Å²) in [6, 6.07) is 0. The highest BCUT2D eigenvalue weighted by Crippen LogP contribution is 1.81. The zero-order chi connectivity index (χ0) is 10.8. The van der Waals surface area contributed by atoms with Gasteiger partial charge in [-0.1, -0.05) is 13.3 Å². The maximum Gasteiger partial charge on any atom is 0.233 e. The fraction of sp³-hybridized carbons (Fsp3) is 0.778. The first kappa shape index (κ1) is 12.9. The van der Waals surface area contributed by atoms with Crippen LogP contribution in [0, 0.1) is 0 Å². The van der Waals surface area contributed by atoms with Crippen molar-refractivity contribution in [1.82, 2.24) is 10.6 Å². The molecular weight excluding hydrogens is 182 g/mol. The molecule has 0 rings (SSSR count). The van der Waals surface area contributed by atoms with Crippen LogP contribution in [-0.4, -0.2) is 31.4 Å². The average Bonchev–Trinajstić information content (AvgIpc) is 2.13. The van der Waals surface area contributed by atoms with Crippen LogP contribution in [0.3, 0.4) is 0 Å². The minimum absolute atomic E-state index is 0.0390. The summed E-state index contributed by atoms with van der Waals surface area (Å²) in [4.78, 5) is 21.4. The Morgan fingerprint density at radius 2 is 2.00 bits per heavy atom. The monoisotopic (exact) mass is 201 g/mol. The summed E-state index contributed by atoms with van der Waals surface area (Å²) in [6.45, 7) is 3.48. The number of nitrogens with two attached hydrogens (primary N) is 1. The standard InChI is InChI=1S/C9H19N3O2/c1-2-3-5-12-9(14)7-11-6-4-8(10)13/h11H,2-7H2,1H3,(H2,10,13)(H,12,14). The number of hydrogen-bond donors (Lipinski definition) is 3. The molecule has 0 spiro atoms. The van der Waals surface area contributed by atoms with Crippen molar-refractivity contribution in [3.05, 3.63) is 0 Å². The second kappa shape index (κ2) is 8.50. The molecule has 0 radical (unpaired) electrons. The van der Waals surface area contributed by atoms with Crippen molar-refractivity contribution in [2.45, 2.75) is 26.2 Å². The second-order valence-electron chi connectivity index (χ2n) is 3.10. The van der Waals surface area contributed by atoms with Crippen molar-refractivity contribution in [1.29, 1.82) is 0 Å². The van der Waals surface area contributed by atoms with Crippen molar-refractivity contribution in [3.63, 3.8) is 0 Å².